The Morgan fingerprint density at radius 2 is 2.27 bits per heavy atom. The minimum Gasteiger partial charge on any atom is -0.0605 e. The van der Waals surface area contributed by atoms with E-state index >= 15 is 0 Å². The molecule has 0 saturated heterocycles. The molecule has 2 rings (SSSR count). The Hall–Kier alpha value is -0.300. The molecule has 1 aromatic rings. The Bertz CT molecular complexity index is 251. The topological polar surface area (TPSA) is 0 Å². The molecule has 0 heterocycles. The molecule has 1 heteroatoms. The largest absolute Gasteiger partial charge is 0.0605 e. The van der Waals surface area contributed by atoms with Gasteiger partial charge in [0.05, 0.1) is 0 Å². The van der Waals surface area contributed by atoms with Crippen molar-refractivity contribution in [2.75, 3.05) is 0 Å². The van der Waals surface area contributed by atoms with Crippen molar-refractivity contribution >= 4 is 15.9 Å². The Morgan fingerprint density at radius 1 is 1.45 bits per heavy atom. The minimum atomic E-state index is 0.783. The van der Waals surface area contributed by atoms with Crippen LogP contribution in [0.3, 0.4) is 0 Å². The predicted molar refractivity (Wildman–Crippen MR) is 49.6 cm³/mol. The zero-order valence-corrected chi connectivity index (χ0v) is 7.89. The number of rotatable bonds is 1. The highest BCUT2D eigenvalue weighted by Gasteiger charge is 2.20. The van der Waals surface area contributed by atoms with E-state index in [1.807, 2.05) is 12.1 Å². The van der Waals surface area contributed by atoms with Crippen LogP contribution in [0.1, 0.15) is 30.7 Å². The summed E-state index contributed by atoms with van der Waals surface area (Å²) in [5.74, 6) is 0.783. The van der Waals surface area contributed by atoms with Crippen molar-refractivity contribution in [2.24, 2.45) is 0 Å². The van der Waals surface area contributed by atoms with E-state index in [4.69, 9.17) is 0 Å². The van der Waals surface area contributed by atoms with Gasteiger partial charge in [-0.15, -0.1) is 0 Å². The lowest BCUT2D eigenvalue weighted by Gasteiger charge is -2.26. The highest BCUT2D eigenvalue weighted by molar-refractivity contribution is 9.10. The number of halogens is 1. The van der Waals surface area contributed by atoms with Gasteiger partial charge in [0, 0.05) is 4.47 Å². The third-order valence-corrected chi connectivity index (χ3v) is 3.04. The number of benzene rings is 1. The molecule has 0 N–H and O–H groups in total. The van der Waals surface area contributed by atoms with Crippen LogP contribution in [0.5, 0.6) is 0 Å². The number of hydrogen-bond acceptors (Lipinski definition) is 0. The van der Waals surface area contributed by atoms with Crippen molar-refractivity contribution in [2.45, 2.75) is 25.2 Å². The third-order valence-electron chi connectivity index (χ3n) is 2.35. The van der Waals surface area contributed by atoms with Gasteiger partial charge >= 0.3 is 0 Å². The molecule has 0 spiro atoms. The van der Waals surface area contributed by atoms with Crippen LogP contribution >= 0.6 is 15.9 Å². The van der Waals surface area contributed by atoms with Crippen molar-refractivity contribution in [3.05, 3.63) is 34.3 Å². The van der Waals surface area contributed by atoms with Crippen LogP contribution in [0.15, 0.2) is 22.7 Å². The summed E-state index contributed by atoms with van der Waals surface area (Å²) >= 11 is 3.54. The molecule has 0 aromatic heterocycles. The van der Waals surface area contributed by atoms with Crippen molar-refractivity contribution in [3.63, 3.8) is 0 Å². The molecule has 57 valence electrons. The molecule has 1 aliphatic rings. The smallest absolute Gasteiger partial charge is 0.0216 e. The van der Waals surface area contributed by atoms with Crippen LogP contribution in [0.25, 0.3) is 0 Å². The summed E-state index contributed by atoms with van der Waals surface area (Å²) < 4.78 is 1.23. The van der Waals surface area contributed by atoms with E-state index in [-0.39, 0.29) is 0 Å². The van der Waals surface area contributed by atoms with E-state index in [0.717, 1.165) is 5.92 Å². The van der Waals surface area contributed by atoms with Gasteiger partial charge in [0.1, 0.15) is 0 Å². The molecule has 1 saturated carbocycles. The fourth-order valence-electron chi connectivity index (χ4n) is 1.44. The van der Waals surface area contributed by atoms with Crippen LogP contribution in [-0.2, 0) is 0 Å². The van der Waals surface area contributed by atoms with E-state index in [1.54, 1.807) is 0 Å². The zero-order chi connectivity index (χ0) is 7.68. The van der Waals surface area contributed by atoms with Gasteiger partial charge in [-0.05, 0) is 36.5 Å². The van der Waals surface area contributed by atoms with Gasteiger partial charge in [0.25, 0.3) is 0 Å². The van der Waals surface area contributed by atoms with Gasteiger partial charge in [-0.1, -0.05) is 34.5 Å². The van der Waals surface area contributed by atoms with Crippen LogP contribution in [-0.4, -0.2) is 0 Å². The molecule has 0 bridgehead atoms. The average Bonchev–Trinajstić information content (AvgIpc) is 1.90. The van der Waals surface area contributed by atoms with Gasteiger partial charge in [0.15, 0.2) is 0 Å². The molecule has 1 radical (unpaired) electrons. The Morgan fingerprint density at radius 3 is 2.82 bits per heavy atom. The Labute approximate surface area is 75.8 Å². The lowest BCUT2D eigenvalue weighted by molar-refractivity contribution is 0.418. The first-order chi connectivity index (χ1) is 5.38. The third kappa shape index (κ3) is 1.34. The van der Waals surface area contributed by atoms with Gasteiger partial charge in [-0.25, -0.2) is 0 Å². The van der Waals surface area contributed by atoms with Gasteiger partial charge in [0.2, 0.25) is 0 Å². The lowest BCUT2D eigenvalue weighted by atomic mass is 9.80. The average molecular weight is 210 g/mol. The van der Waals surface area contributed by atoms with Crippen LogP contribution in [0.4, 0.5) is 0 Å². The summed E-state index contributed by atoms with van der Waals surface area (Å²) in [4.78, 5) is 0. The second-order valence-electron chi connectivity index (χ2n) is 3.06. The van der Waals surface area contributed by atoms with Gasteiger partial charge in [-0.2, -0.15) is 0 Å². The number of hydrogen-bond donors (Lipinski definition) is 0. The van der Waals surface area contributed by atoms with E-state index in [2.05, 4.69) is 28.1 Å². The molecule has 0 amide bonds. The summed E-state index contributed by atoms with van der Waals surface area (Å²) in [7, 11) is 0. The van der Waals surface area contributed by atoms with Crippen LogP contribution in [0.2, 0.25) is 0 Å². The second kappa shape index (κ2) is 2.98. The SMILES string of the molecule is Brc1ccc[c]c1C1CCC1. The van der Waals surface area contributed by atoms with Gasteiger partial charge < -0.3 is 0 Å². The molecule has 0 unspecified atom stereocenters. The first-order valence-corrected chi connectivity index (χ1v) is 4.83. The summed E-state index contributed by atoms with van der Waals surface area (Å²) in [5, 5.41) is 0. The standard InChI is InChI=1S/C10H10Br/c11-10-7-2-1-6-9(10)8-4-3-5-8/h1-2,7-8H,3-5H2. The lowest BCUT2D eigenvalue weighted by Crippen LogP contribution is -2.09. The fourth-order valence-corrected chi connectivity index (χ4v) is 2.03. The van der Waals surface area contributed by atoms with Crippen LogP contribution < -0.4 is 0 Å². The predicted octanol–water partition coefficient (Wildman–Crippen LogP) is 3.52. The molecule has 0 aliphatic heterocycles. The maximum atomic E-state index is 3.54. The van der Waals surface area contributed by atoms with E-state index in [9.17, 15) is 0 Å². The maximum absolute atomic E-state index is 3.54. The van der Waals surface area contributed by atoms with Crippen molar-refractivity contribution < 1.29 is 0 Å². The highest BCUT2D eigenvalue weighted by Crippen LogP contribution is 2.39. The quantitative estimate of drug-likeness (QED) is 0.665. The molecule has 0 nitrogen and oxygen atoms in total. The minimum absolute atomic E-state index is 0.783. The highest BCUT2D eigenvalue weighted by atomic mass is 79.9. The van der Waals surface area contributed by atoms with Gasteiger partial charge in [-0.3, -0.25) is 0 Å². The molecular formula is C10H10Br. The first kappa shape index (κ1) is 7.35. The molecule has 1 aliphatic carbocycles. The normalized spacial score (nSPS) is 17.9. The first-order valence-electron chi connectivity index (χ1n) is 4.04. The molecule has 1 fully saturated rings. The summed E-state index contributed by atoms with van der Waals surface area (Å²) in [6, 6.07) is 9.41. The fraction of sp³-hybridized carbons (Fsp3) is 0.400. The molecule has 1 aromatic carbocycles. The summed E-state index contributed by atoms with van der Waals surface area (Å²) in [5.41, 5.74) is 1.37. The van der Waals surface area contributed by atoms with Crippen molar-refractivity contribution in [3.8, 4) is 0 Å². The zero-order valence-electron chi connectivity index (χ0n) is 6.31. The summed E-state index contributed by atoms with van der Waals surface area (Å²) in [6.07, 6.45) is 4.08. The molecular weight excluding hydrogens is 200 g/mol. The Balaban J connectivity index is 2.28. The Kier molecular flexibility index (Phi) is 1.99. The van der Waals surface area contributed by atoms with Crippen molar-refractivity contribution in [1.29, 1.82) is 0 Å². The molecule has 0 atom stereocenters. The van der Waals surface area contributed by atoms with Crippen molar-refractivity contribution in [1.82, 2.24) is 0 Å². The van der Waals surface area contributed by atoms with E-state index in [1.165, 1.54) is 29.3 Å². The maximum Gasteiger partial charge on any atom is 0.0216 e. The van der Waals surface area contributed by atoms with E-state index < -0.39 is 0 Å². The molecule has 11 heavy (non-hydrogen) atoms. The monoisotopic (exact) mass is 209 g/mol. The van der Waals surface area contributed by atoms with E-state index in [0.29, 0.717) is 0 Å². The van der Waals surface area contributed by atoms with Crippen LogP contribution in [0, 0.1) is 6.07 Å². The summed E-state index contributed by atoms with van der Waals surface area (Å²) in [6.45, 7) is 0. The second-order valence-corrected chi connectivity index (χ2v) is 3.91.